The first-order chi connectivity index (χ1) is 13.8. The monoisotopic (exact) mass is 394 g/mol. The van der Waals surface area contributed by atoms with E-state index in [1.165, 1.54) is 30.3 Å². The summed E-state index contributed by atoms with van der Waals surface area (Å²) in [6.45, 7) is -0.497. The van der Waals surface area contributed by atoms with Crippen LogP contribution in [0.1, 0.15) is 57.4 Å². The fraction of sp³-hybridized carbons (Fsp3) is 0.105. The molecule has 0 saturated heterocycles. The lowest BCUT2D eigenvalue weighted by atomic mass is 10.1. The van der Waals surface area contributed by atoms with E-state index in [1.54, 1.807) is 6.07 Å². The van der Waals surface area contributed by atoms with Crippen LogP contribution in [0.4, 0.5) is 0 Å². The van der Waals surface area contributed by atoms with Crippen LogP contribution in [0.2, 0.25) is 0 Å². The number of hydrogen-bond acceptors (Lipinski definition) is 7. The van der Waals surface area contributed by atoms with Gasteiger partial charge in [0.2, 0.25) is 5.91 Å². The predicted molar refractivity (Wildman–Crippen MR) is 96.2 cm³/mol. The first kappa shape index (κ1) is 18.5. The van der Waals surface area contributed by atoms with Crippen LogP contribution in [0.5, 0.6) is 0 Å². The Bertz CT molecular complexity index is 1130. The maximum Gasteiger partial charge on any atom is 0.263 e. The minimum atomic E-state index is -0.746. The first-order valence-corrected chi connectivity index (χ1v) is 8.44. The molecule has 2 aliphatic rings. The van der Waals surface area contributed by atoms with Crippen molar-refractivity contribution in [2.24, 2.45) is 11.6 Å². The lowest BCUT2D eigenvalue weighted by Gasteiger charge is -2.20. The van der Waals surface area contributed by atoms with E-state index in [0.29, 0.717) is 5.56 Å². The van der Waals surface area contributed by atoms with Crippen LogP contribution in [0.3, 0.4) is 0 Å². The molecule has 0 atom stereocenters. The highest BCUT2D eigenvalue weighted by atomic mass is 16.6. The zero-order valence-electron chi connectivity index (χ0n) is 14.9. The Morgan fingerprint density at radius 1 is 0.793 bits per heavy atom. The molecule has 2 heterocycles. The van der Waals surface area contributed by atoms with Gasteiger partial charge in [0.1, 0.15) is 6.67 Å². The average Bonchev–Trinajstić information content (AvgIpc) is 3.08. The van der Waals surface area contributed by atoms with E-state index in [9.17, 15) is 24.0 Å². The van der Waals surface area contributed by atoms with Gasteiger partial charge in [0.25, 0.3) is 23.6 Å². The molecule has 2 aliphatic heterocycles. The molecular formula is C19H14N4O6. The molecule has 29 heavy (non-hydrogen) atoms. The Kier molecular flexibility index (Phi) is 4.22. The molecule has 146 valence electrons. The Morgan fingerprint density at radius 3 is 1.86 bits per heavy atom. The molecule has 0 unspecified atom stereocenters. The molecule has 0 saturated carbocycles. The number of rotatable bonds is 5. The van der Waals surface area contributed by atoms with Gasteiger partial charge in [-0.2, -0.15) is 0 Å². The molecule has 0 fully saturated rings. The number of carbonyl (C=O) groups is 5. The highest BCUT2D eigenvalue weighted by Gasteiger charge is 2.42. The summed E-state index contributed by atoms with van der Waals surface area (Å²) in [4.78, 5) is 68.1. The number of amides is 5. The normalized spacial score (nSPS) is 15.2. The summed E-state index contributed by atoms with van der Waals surface area (Å²) in [5, 5.41) is 0. The Labute approximate surface area is 163 Å². The fourth-order valence-corrected chi connectivity index (χ4v) is 3.37. The first-order valence-electron chi connectivity index (χ1n) is 8.44. The molecule has 5 amide bonds. The summed E-state index contributed by atoms with van der Waals surface area (Å²) in [7, 11) is 0. The highest BCUT2D eigenvalue weighted by Crippen LogP contribution is 2.28. The van der Waals surface area contributed by atoms with Crippen LogP contribution < -0.4 is 11.6 Å². The lowest BCUT2D eigenvalue weighted by Crippen LogP contribution is -2.43. The molecule has 4 rings (SSSR count). The number of nitrogens with two attached hydrogens (primary N) is 2. The molecule has 0 radical (unpaired) electrons. The van der Waals surface area contributed by atoms with Crippen molar-refractivity contribution in [2.75, 3.05) is 6.67 Å². The van der Waals surface area contributed by atoms with Crippen LogP contribution in [0.15, 0.2) is 36.4 Å². The van der Waals surface area contributed by atoms with Crippen molar-refractivity contribution < 1.29 is 28.8 Å². The van der Waals surface area contributed by atoms with Crippen LogP contribution in [-0.2, 0) is 11.4 Å². The van der Waals surface area contributed by atoms with Crippen molar-refractivity contribution in [1.29, 1.82) is 0 Å². The second-order valence-electron chi connectivity index (χ2n) is 6.53. The molecule has 4 N–H and O–H groups in total. The van der Waals surface area contributed by atoms with Gasteiger partial charge in [-0.05, 0) is 35.9 Å². The number of benzene rings is 2. The van der Waals surface area contributed by atoms with Gasteiger partial charge >= 0.3 is 0 Å². The van der Waals surface area contributed by atoms with Gasteiger partial charge in [-0.25, -0.2) is 5.90 Å². The van der Waals surface area contributed by atoms with Crippen LogP contribution in [-0.4, -0.2) is 46.0 Å². The van der Waals surface area contributed by atoms with Gasteiger partial charge in [-0.1, -0.05) is 6.07 Å². The number of carbonyl (C=O) groups excluding carboxylic acids is 5. The van der Waals surface area contributed by atoms with Crippen LogP contribution in [0.25, 0.3) is 0 Å². The van der Waals surface area contributed by atoms with E-state index < -0.39 is 36.2 Å². The third-order valence-corrected chi connectivity index (χ3v) is 4.82. The van der Waals surface area contributed by atoms with E-state index >= 15 is 0 Å². The number of nitrogens with zero attached hydrogens (tertiary/aromatic N) is 2. The third kappa shape index (κ3) is 2.78. The van der Waals surface area contributed by atoms with Crippen LogP contribution in [0, 0.1) is 0 Å². The zero-order valence-corrected chi connectivity index (χ0v) is 14.9. The average molecular weight is 394 g/mol. The van der Waals surface area contributed by atoms with Gasteiger partial charge in [-0.3, -0.25) is 38.6 Å². The Morgan fingerprint density at radius 2 is 1.31 bits per heavy atom. The van der Waals surface area contributed by atoms with Crippen molar-refractivity contribution >= 4 is 29.5 Å². The van der Waals surface area contributed by atoms with Gasteiger partial charge < -0.3 is 5.73 Å². The molecule has 10 heteroatoms. The minimum Gasteiger partial charge on any atom is -0.366 e. The van der Waals surface area contributed by atoms with Gasteiger partial charge in [0.05, 0.1) is 28.9 Å². The summed E-state index contributed by atoms with van der Waals surface area (Å²) >= 11 is 0. The lowest BCUT2D eigenvalue weighted by molar-refractivity contribution is 0.0471. The molecular weight excluding hydrogens is 380 g/mol. The van der Waals surface area contributed by atoms with E-state index in [2.05, 4.69) is 4.84 Å². The Hall–Kier alpha value is -3.89. The summed E-state index contributed by atoms with van der Waals surface area (Å²) in [6.07, 6.45) is 0. The topological polar surface area (TPSA) is 153 Å². The molecule has 0 aliphatic carbocycles. The van der Waals surface area contributed by atoms with E-state index in [0.717, 1.165) is 9.80 Å². The van der Waals surface area contributed by atoms with Gasteiger partial charge in [0, 0.05) is 5.56 Å². The van der Waals surface area contributed by atoms with Crippen molar-refractivity contribution in [2.45, 2.75) is 6.61 Å². The maximum atomic E-state index is 12.7. The number of primary amides is 1. The third-order valence-electron chi connectivity index (χ3n) is 4.82. The van der Waals surface area contributed by atoms with Crippen molar-refractivity contribution in [1.82, 2.24) is 9.80 Å². The summed E-state index contributed by atoms with van der Waals surface area (Å²) in [6, 6.07) is 8.40. The Balaban J connectivity index is 1.62. The maximum absolute atomic E-state index is 12.7. The minimum absolute atomic E-state index is 0.00899. The van der Waals surface area contributed by atoms with Crippen molar-refractivity contribution in [3.8, 4) is 0 Å². The second-order valence-corrected chi connectivity index (χ2v) is 6.53. The SMILES string of the molecule is NOCc1ccc2c(c1)C(=O)N(CN1C(=O)c3ccc(C(N)=O)cc3C1=O)C2=O. The summed E-state index contributed by atoms with van der Waals surface area (Å²) in [5.74, 6) is 1.63. The van der Waals surface area contributed by atoms with E-state index in [1.807, 2.05) is 0 Å². The number of imide groups is 2. The summed E-state index contributed by atoms with van der Waals surface area (Å²) in [5.41, 5.74) is 6.23. The molecule has 0 bridgehead atoms. The highest BCUT2D eigenvalue weighted by molar-refractivity contribution is 6.24. The largest absolute Gasteiger partial charge is 0.366 e. The number of hydrogen-bond donors (Lipinski definition) is 2. The molecule has 2 aromatic rings. The summed E-state index contributed by atoms with van der Waals surface area (Å²) < 4.78 is 0. The number of fused-ring (bicyclic) bond motifs is 2. The quantitative estimate of drug-likeness (QED) is 0.535. The molecule has 0 spiro atoms. The fourth-order valence-electron chi connectivity index (χ4n) is 3.37. The molecule has 0 aromatic heterocycles. The van der Waals surface area contributed by atoms with E-state index in [-0.39, 0.29) is 34.4 Å². The van der Waals surface area contributed by atoms with Crippen molar-refractivity contribution in [3.05, 3.63) is 69.8 Å². The second kappa shape index (κ2) is 6.62. The molecule has 2 aromatic carbocycles. The smallest absolute Gasteiger partial charge is 0.263 e. The molecule has 10 nitrogen and oxygen atoms in total. The zero-order chi connectivity index (χ0) is 20.9. The van der Waals surface area contributed by atoms with E-state index in [4.69, 9.17) is 11.6 Å². The van der Waals surface area contributed by atoms with Crippen LogP contribution >= 0.6 is 0 Å². The van der Waals surface area contributed by atoms with Crippen molar-refractivity contribution in [3.63, 3.8) is 0 Å². The van der Waals surface area contributed by atoms with Gasteiger partial charge in [-0.15, -0.1) is 0 Å². The van der Waals surface area contributed by atoms with Gasteiger partial charge in [0.15, 0.2) is 0 Å². The predicted octanol–water partition coefficient (Wildman–Crippen LogP) is 0.0255. The standard InChI is InChI=1S/C19H14N4O6/c20-15(24)10-2-4-12-14(6-10)19(28)23(17(12)26)8-22-16(25)11-3-1-9(7-29-21)5-13(11)18(22)27/h1-6H,7-8,21H2,(H2,20,24).